The Balaban J connectivity index is 1.75. The van der Waals surface area contributed by atoms with E-state index in [9.17, 15) is 9.59 Å². The van der Waals surface area contributed by atoms with Gasteiger partial charge in [0.05, 0.1) is 11.1 Å². The average molecular weight is 312 g/mol. The van der Waals surface area contributed by atoms with Crippen molar-refractivity contribution in [1.82, 2.24) is 21.0 Å². The largest absolute Gasteiger partial charge is 0.466 e. The van der Waals surface area contributed by atoms with Crippen LogP contribution in [0.2, 0.25) is 0 Å². The molecular weight excluding hydrogens is 296 g/mol. The van der Waals surface area contributed by atoms with Gasteiger partial charge in [0.2, 0.25) is 0 Å². The highest BCUT2D eigenvalue weighted by molar-refractivity contribution is 6.06. The topological polar surface area (TPSA) is 100 Å². The van der Waals surface area contributed by atoms with Crippen LogP contribution in [0.15, 0.2) is 28.7 Å². The molecule has 118 valence electrons. The third-order valence-corrected chi connectivity index (χ3v) is 3.51. The van der Waals surface area contributed by atoms with Crippen molar-refractivity contribution in [1.29, 1.82) is 0 Å². The third kappa shape index (κ3) is 2.80. The molecule has 23 heavy (non-hydrogen) atoms. The molecule has 3 aromatic rings. The second-order valence-electron chi connectivity index (χ2n) is 5.36. The minimum Gasteiger partial charge on any atom is -0.466 e. The summed E-state index contributed by atoms with van der Waals surface area (Å²) in [4.78, 5) is 24.3. The molecule has 0 spiro atoms. The maximum absolute atomic E-state index is 12.2. The number of amides is 2. The van der Waals surface area contributed by atoms with Crippen LogP contribution >= 0.6 is 0 Å². The molecule has 1 aromatic carbocycles. The quantitative estimate of drug-likeness (QED) is 0.631. The summed E-state index contributed by atoms with van der Waals surface area (Å²) in [6.45, 7) is 5.37. The summed E-state index contributed by atoms with van der Waals surface area (Å²) in [5, 5.41) is 7.49. The number of fused-ring (bicyclic) bond motifs is 1. The Bertz CT molecular complexity index is 907. The summed E-state index contributed by atoms with van der Waals surface area (Å²) >= 11 is 0. The summed E-state index contributed by atoms with van der Waals surface area (Å²) in [6.07, 6.45) is 0. The van der Waals surface area contributed by atoms with E-state index in [-0.39, 0.29) is 5.69 Å². The summed E-state index contributed by atoms with van der Waals surface area (Å²) in [5.74, 6) is 0.194. The average Bonchev–Trinajstić information content (AvgIpc) is 3.07. The molecule has 2 aromatic heterocycles. The van der Waals surface area contributed by atoms with E-state index in [1.807, 2.05) is 25.1 Å². The number of hydrazine groups is 1. The number of hydrogen-bond acceptors (Lipinski definition) is 4. The highest BCUT2D eigenvalue weighted by Gasteiger charge is 2.17. The lowest BCUT2D eigenvalue weighted by Gasteiger charge is -2.05. The molecule has 0 saturated heterocycles. The van der Waals surface area contributed by atoms with Gasteiger partial charge in [-0.25, -0.2) is 0 Å². The number of furan rings is 1. The first kappa shape index (κ1) is 14.8. The molecule has 7 nitrogen and oxygen atoms in total. The molecule has 0 fully saturated rings. The van der Waals surface area contributed by atoms with Crippen LogP contribution in [-0.2, 0) is 0 Å². The number of rotatable bonds is 2. The van der Waals surface area contributed by atoms with Gasteiger partial charge in [-0.3, -0.25) is 25.5 Å². The zero-order chi connectivity index (χ0) is 16.6. The van der Waals surface area contributed by atoms with Gasteiger partial charge in [-0.15, -0.1) is 0 Å². The Labute approximate surface area is 132 Å². The molecule has 0 aliphatic carbocycles. The molecule has 3 rings (SSSR count). The van der Waals surface area contributed by atoms with E-state index in [4.69, 9.17) is 4.42 Å². The van der Waals surface area contributed by atoms with Crippen molar-refractivity contribution in [2.75, 3.05) is 0 Å². The van der Waals surface area contributed by atoms with E-state index in [0.717, 1.165) is 11.1 Å². The van der Waals surface area contributed by atoms with Gasteiger partial charge in [0.25, 0.3) is 11.8 Å². The molecule has 2 amide bonds. The number of H-pyrrole nitrogens is 1. The normalized spacial score (nSPS) is 10.7. The number of aromatic amines is 1. The number of nitrogens with zero attached hydrogens (tertiary/aromatic N) is 1. The fraction of sp³-hybridized carbons (Fsp3) is 0.188. The SMILES string of the molecule is Cc1ccc2[nH]nc(C(=O)NNC(=O)c3cc(C)oc3C)c2c1. The van der Waals surface area contributed by atoms with E-state index < -0.39 is 11.8 Å². The van der Waals surface area contributed by atoms with Crippen LogP contribution in [0.25, 0.3) is 10.9 Å². The van der Waals surface area contributed by atoms with Crippen LogP contribution in [0.3, 0.4) is 0 Å². The van der Waals surface area contributed by atoms with E-state index in [2.05, 4.69) is 21.0 Å². The van der Waals surface area contributed by atoms with E-state index in [1.165, 1.54) is 0 Å². The Morgan fingerprint density at radius 3 is 2.52 bits per heavy atom. The van der Waals surface area contributed by atoms with Crippen LogP contribution in [-0.4, -0.2) is 22.0 Å². The predicted octanol–water partition coefficient (Wildman–Crippen LogP) is 2.16. The van der Waals surface area contributed by atoms with Crippen molar-refractivity contribution in [2.24, 2.45) is 0 Å². The third-order valence-electron chi connectivity index (χ3n) is 3.51. The zero-order valence-corrected chi connectivity index (χ0v) is 13.0. The number of aryl methyl sites for hydroxylation is 3. The van der Waals surface area contributed by atoms with Gasteiger partial charge in [-0.2, -0.15) is 5.10 Å². The lowest BCUT2D eigenvalue weighted by Crippen LogP contribution is -2.41. The highest BCUT2D eigenvalue weighted by Crippen LogP contribution is 2.17. The number of hydrogen-bond donors (Lipinski definition) is 3. The van der Waals surface area contributed by atoms with Crippen molar-refractivity contribution in [3.8, 4) is 0 Å². The smallest absolute Gasteiger partial charge is 0.290 e. The first-order chi connectivity index (χ1) is 11.0. The summed E-state index contributed by atoms with van der Waals surface area (Å²) < 4.78 is 5.29. The zero-order valence-electron chi connectivity index (χ0n) is 13.0. The van der Waals surface area contributed by atoms with Gasteiger partial charge >= 0.3 is 0 Å². The number of carbonyl (C=O) groups excluding carboxylic acids is 2. The second-order valence-corrected chi connectivity index (χ2v) is 5.36. The summed E-state index contributed by atoms with van der Waals surface area (Å²) in [5.41, 5.74) is 7.12. The van der Waals surface area contributed by atoms with Crippen LogP contribution in [0.5, 0.6) is 0 Å². The maximum Gasteiger partial charge on any atom is 0.290 e. The standard InChI is InChI=1S/C16H16N4O3/c1-8-4-5-13-12(6-8)14(18-17-13)16(22)20-19-15(21)11-7-9(2)23-10(11)3/h4-7H,1-3H3,(H,17,18)(H,19,21)(H,20,22). The predicted molar refractivity (Wildman–Crippen MR) is 83.9 cm³/mol. The number of carbonyl (C=O) groups is 2. The monoisotopic (exact) mass is 312 g/mol. The maximum atomic E-state index is 12.2. The van der Waals surface area contributed by atoms with Gasteiger partial charge in [-0.1, -0.05) is 11.6 Å². The molecule has 7 heteroatoms. The molecular formula is C16H16N4O3. The second kappa shape index (κ2) is 5.60. The van der Waals surface area contributed by atoms with Gasteiger partial charge in [0.15, 0.2) is 5.69 Å². The van der Waals surface area contributed by atoms with Crippen LogP contribution in [0.4, 0.5) is 0 Å². The van der Waals surface area contributed by atoms with Crippen LogP contribution in [0.1, 0.15) is 37.9 Å². The molecule has 0 aliphatic rings. The van der Waals surface area contributed by atoms with Crippen molar-refractivity contribution in [3.63, 3.8) is 0 Å². The summed E-state index contributed by atoms with van der Waals surface area (Å²) in [7, 11) is 0. The molecule has 2 heterocycles. The van der Waals surface area contributed by atoms with E-state index in [0.29, 0.717) is 22.5 Å². The van der Waals surface area contributed by atoms with Crippen molar-refractivity contribution in [3.05, 3.63) is 52.6 Å². The first-order valence-corrected chi connectivity index (χ1v) is 7.08. The molecule has 0 saturated carbocycles. The lowest BCUT2D eigenvalue weighted by molar-refractivity contribution is 0.0844. The van der Waals surface area contributed by atoms with Crippen molar-refractivity contribution in [2.45, 2.75) is 20.8 Å². The Morgan fingerprint density at radius 2 is 1.83 bits per heavy atom. The van der Waals surface area contributed by atoms with E-state index in [1.54, 1.807) is 19.9 Å². The van der Waals surface area contributed by atoms with Crippen LogP contribution in [0, 0.1) is 20.8 Å². The Kier molecular flexibility index (Phi) is 3.61. The number of benzene rings is 1. The Hall–Kier alpha value is -3.09. The first-order valence-electron chi connectivity index (χ1n) is 7.08. The van der Waals surface area contributed by atoms with E-state index >= 15 is 0 Å². The molecule has 0 atom stereocenters. The summed E-state index contributed by atoms with van der Waals surface area (Å²) in [6, 6.07) is 7.25. The van der Waals surface area contributed by atoms with Gasteiger partial charge < -0.3 is 4.42 Å². The van der Waals surface area contributed by atoms with Gasteiger partial charge in [0.1, 0.15) is 11.5 Å². The fourth-order valence-corrected chi connectivity index (χ4v) is 2.40. The molecule has 0 unspecified atom stereocenters. The lowest BCUT2D eigenvalue weighted by atomic mass is 10.1. The van der Waals surface area contributed by atoms with Gasteiger partial charge in [0, 0.05) is 5.39 Å². The van der Waals surface area contributed by atoms with Crippen molar-refractivity contribution >= 4 is 22.7 Å². The Morgan fingerprint density at radius 1 is 1.09 bits per heavy atom. The molecule has 0 aliphatic heterocycles. The van der Waals surface area contributed by atoms with Gasteiger partial charge in [-0.05, 0) is 39.0 Å². The number of aromatic nitrogens is 2. The fourth-order valence-electron chi connectivity index (χ4n) is 2.40. The molecule has 0 bridgehead atoms. The van der Waals surface area contributed by atoms with Crippen LogP contribution < -0.4 is 10.9 Å². The minimum atomic E-state index is -0.493. The number of nitrogens with one attached hydrogen (secondary N) is 3. The highest BCUT2D eigenvalue weighted by atomic mass is 16.3. The minimum absolute atomic E-state index is 0.226. The van der Waals surface area contributed by atoms with Crippen molar-refractivity contribution < 1.29 is 14.0 Å². The molecule has 0 radical (unpaired) electrons. The molecule has 3 N–H and O–H groups in total.